The standard InChI is InChI=1S/C7H9NO5/c1-7(6(12)13)3(5(10)11)2-4(9)8-7/h3H,2H2,1H3,(H,8,9)(H,10,11)(H,12,13)/t3-,7-/m1/s1. The Morgan fingerprint density at radius 3 is 2.38 bits per heavy atom. The first-order valence-corrected chi connectivity index (χ1v) is 3.65. The molecule has 1 saturated heterocycles. The van der Waals surface area contributed by atoms with Crippen LogP contribution in [0.25, 0.3) is 0 Å². The maximum Gasteiger partial charge on any atom is 0.330 e. The summed E-state index contributed by atoms with van der Waals surface area (Å²) in [5.74, 6) is -4.34. The number of carboxylic acids is 2. The van der Waals surface area contributed by atoms with Gasteiger partial charge in [0.15, 0.2) is 0 Å². The fourth-order valence-electron chi connectivity index (χ4n) is 1.35. The quantitative estimate of drug-likeness (QED) is 0.517. The van der Waals surface area contributed by atoms with E-state index in [1.807, 2.05) is 0 Å². The minimum Gasteiger partial charge on any atom is -0.481 e. The van der Waals surface area contributed by atoms with Crippen LogP contribution in [0.3, 0.4) is 0 Å². The van der Waals surface area contributed by atoms with Gasteiger partial charge in [-0.05, 0) is 6.92 Å². The second kappa shape index (κ2) is 2.72. The Labute approximate surface area is 73.5 Å². The number of rotatable bonds is 2. The van der Waals surface area contributed by atoms with E-state index in [0.29, 0.717) is 0 Å². The highest BCUT2D eigenvalue weighted by atomic mass is 16.4. The van der Waals surface area contributed by atoms with Crippen LogP contribution in [0.2, 0.25) is 0 Å². The third-order valence-electron chi connectivity index (χ3n) is 2.23. The molecule has 0 radical (unpaired) electrons. The zero-order valence-corrected chi connectivity index (χ0v) is 6.90. The van der Waals surface area contributed by atoms with Crippen LogP contribution in [0.1, 0.15) is 13.3 Å². The Morgan fingerprint density at radius 2 is 2.08 bits per heavy atom. The second-order valence-electron chi connectivity index (χ2n) is 3.15. The van der Waals surface area contributed by atoms with Crippen LogP contribution < -0.4 is 5.32 Å². The van der Waals surface area contributed by atoms with E-state index in [9.17, 15) is 14.4 Å². The van der Waals surface area contributed by atoms with Gasteiger partial charge in [0.2, 0.25) is 5.91 Å². The van der Waals surface area contributed by atoms with E-state index < -0.39 is 29.3 Å². The summed E-state index contributed by atoms with van der Waals surface area (Å²) in [6, 6.07) is 0. The Morgan fingerprint density at radius 1 is 1.54 bits per heavy atom. The van der Waals surface area contributed by atoms with Crippen molar-refractivity contribution in [2.75, 3.05) is 0 Å². The second-order valence-corrected chi connectivity index (χ2v) is 3.15. The van der Waals surface area contributed by atoms with Crippen molar-refractivity contribution < 1.29 is 24.6 Å². The number of carboxylic acid groups (broad SMARTS) is 2. The zero-order valence-electron chi connectivity index (χ0n) is 6.90. The average molecular weight is 187 g/mol. The van der Waals surface area contributed by atoms with Crippen LogP contribution in [0, 0.1) is 5.92 Å². The Bertz CT molecular complexity index is 287. The van der Waals surface area contributed by atoms with Gasteiger partial charge in [0, 0.05) is 6.42 Å². The summed E-state index contributed by atoms with van der Waals surface area (Å²) < 4.78 is 0. The van der Waals surface area contributed by atoms with Crippen molar-refractivity contribution in [1.82, 2.24) is 5.32 Å². The number of hydrogen-bond donors (Lipinski definition) is 3. The molecular weight excluding hydrogens is 178 g/mol. The summed E-state index contributed by atoms with van der Waals surface area (Å²) in [5.41, 5.74) is -1.68. The minimum absolute atomic E-state index is 0.280. The van der Waals surface area contributed by atoms with Crippen LogP contribution in [0.4, 0.5) is 0 Å². The first-order valence-electron chi connectivity index (χ1n) is 3.65. The monoisotopic (exact) mass is 187 g/mol. The molecule has 1 aliphatic heterocycles. The summed E-state index contributed by atoms with van der Waals surface area (Å²) in [6.07, 6.45) is -0.280. The highest BCUT2D eigenvalue weighted by Gasteiger charge is 2.52. The van der Waals surface area contributed by atoms with Gasteiger partial charge in [0.05, 0.1) is 5.92 Å². The summed E-state index contributed by atoms with van der Waals surface area (Å²) in [7, 11) is 0. The Hall–Kier alpha value is -1.59. The van der Waals surface area contributed by atoms with E-state index in [4.69, 9.17) is 10.2 Å². The lowest BCUT2D eigenvalue weighted by molar-refractivity contribution is -0.154. The fourth-order valence-corrected chi connectivity index (χ4v) is 1.35. The van der Waals surface area contributed by atoms with Crippen molar-refractivity contribution in [1.29, 1.82) is 0 Å². The molecule has 1 fully saturated rings. The van der Waals surface area contributed by atoms with Gasteiger partial charge in [-0.1, -0.05) is 0 Å². The molecule has 0 spiro atoms. The Balaban J connectivity index is 3.01. The SMILES string of the molecule is C[C@@]1(C(=O)O)NC(=O)C[C@@H]1C(=O)O. The number of amides is 1. The number of hydrogen-bond acceptors (Lipinski definition) is 3. The molecule has 0 bridgehead atoms. The lowest BCUT2D eigenvalue weighted by Crippen LogP contribution is -2.52. The lowest BCUT2D eigenvalue weighted by Gasteiger charge is -2.22. The predicted molar refractivity (Wildman–Crippen MR) is 39.9 cm³/mol. The molecule has 1 heterocycles. The summed E-state index contributed by atoms with van der Waals surface area (Å²) >= 11 is 0. The number of carbonyl (C=O) groups is 3. The van der Waals surface area contributed by atoms with E-state index >= 15 is 0 Å². The van der Waals surface area contributed by atoms with Gasteiger partial charge in [0.1, 0.15) is 5.54 Å². The van der Waals surface area contributed by atoms with Gasteiger partial charge in [-0.15, -0.1) is 0 Å². The molecule has 2 atom stereocenters. The molecule has 0 aromatic rings. The summed E-state index contributed by atoms with van der Waals surface area (Å²) in [6.45, 7) is 1.19. The molecule has 0 aromatic carbocycles. The van der Waals surface area contributed by atoms with E-state index in [2.05, 4.69) is 5.32 Å². The van der Waals surface area contributed by atoms with Gasteiger partial charge in [0.25, 0.3) is 0 Å². The maximum absolute atomic E-state index is 10.8. The number of carbonyl (C=O) groups excluding carboxylic acids is 1. The summed E-state index contributed by atoms with van der Waals surface area (Å²) in [4.78, 5) is 32.2. The molecule has 72 valence electrons. The van der Waals surface area contributed by atoms with Gasteiger partial charge in [-0.2, -0.15) is 0 Å². The molecule has 0 aromatic heterocycles. The van der Waals surface area contributed by atoms with Crippen LogP contribution in [0.15, 0.2) is 0 Å². The van der Waals surface area contributed by atoms with E-state index in [-0.39, 0.29) is 6.42 Å². The van der Waals surface area contributed by atoms with Gasteiger partial charge < -0.3 is 15.5 Å². The smallest absolute Gasteiger partial charge is 0.330 e. The van der Waals surface area contributed by atoms with Crippen molar-refractivity contribution in [2.45, 2.75) is 18.9 Å². The van der Waals surface area contributed by atoms with Crippen molar-refractivity contribution >= 4 is 17.8 Å². The lowest BCUT2D eigenvalue weighted by atomic mass is 9.87. The van der Waals surface area contributed by atoms with Crippen molar-refractivity contribution in [3.63, 3.8) is 0 Å². The van der Waals surface area contributed by atoms with Crippen LogP contribution in [0.5, 0.6) is 0 Å². The highest BCUT2D eigenvalue weighted by Crippen LogP contribution is 2.27. The largest absolute Gasteiger partial charge is 0.481 e. The van der Waals surface area contributed by atoms with Crippen LogP contribution in [-0.2, 0) is 14.4 Å². The van der Waals surface area contributed by atoms with E-state index in [0.717, 1.165) is 0 Å². The predicted octanol–water partition coefficient (Wildman–Crippen LogP) is -0.950. The molecule has 6 nitrogen and oxygen atoms in total. The fraction of sp³-hybridized carbons (Fsp3) is 0.571. The molecular formula is C7H9NO5. The van der Waals surface area contributed by atoms with E-state index in [1.165, 1.54) is 6.92 Å². The molecule has 1 aliphatic rings. The first-order chi connectivity index (χ1) is 5.88. The molecule has 1 rings (SSSR count). The zero-order chi connectivity index (χ0) is 10.2. The van der Waals surface area contributed by atoms with Crippen molar-refractivity contribution in [2.24, 2.45) is 5.92 Å². The summed E-state index contributed by atoms with van der Waals surface area (Å²) in [5, 5.41) is 19.5. The molecule has 0 unspecified atom stereocenters. The van der Waals surface area contributed by atoms with Gasteiger partial charge in [-0.25, -0.2) is 4.79 Å². The molecule has 1 amide bonds. The van der Waals surface area contributed by atoms with Crippen molar-refractivity contribution in [3.8, 4) is 0 Å². The molecule has 0 aliphatic carbocycles. The molecule has 6 heteroatoms. The molecule has 0 saturated carbocycles. The molecule has 13 heavy (non-hydrogen) atoms. The third kappa shape index (κ3) is 1.34. The van der Waals surface area contributed by atoms with Crippen molar-refractivity contribution in [3.05, 3.63) is 0 Å². The first kappa shape index (κ1) is 9.50. The number of aliphatic carboxylic acids is 2. The highest BCUT2D eigenvalue weighted by molar-refractivity contribution is 5.97. The molecule has 3 N–H and O–H groups in total. The number of nitrogens with one attached hydrogen (secondary N) is 1. The topological polar surface area (TPSA) is 104 Å². The average Bonchev–Trinajstić information content (AvgIpc) is 2.27. The van der Waals surface area contributed by atoms with Gasteiger partial charge in [-0.3, -0.25) is 9.59 Å². The van der Waals surface area contributed by atoms with E-state index in [1.54, 1.807) is 0 Å². The Kier molecular flexibility index (Phi) is 1.99. The third-order valence-corrected chi connectivity index (χ3v) is 2.23. The minimum atomic E-state index is -1.68. The maximum atomic E-state index is 10.8. The van der Waals surface area contributed by atoms with Crippen LogP contribution >= 0.6 is 0 Å². The van der Waals surface area contributed by atoms with Crippen LogP contribution in [-0.4, -0.2) is 33.6 Å². The normalized spacial score (nSPS) is 32.7. The van der Waals surface area contributed by atoms with Gasteiger partial charge >= 0.3 is 11.9 Å².